The van der Waals surface area contributed by atoms with Gasteiger partial charge in [0, 0.05) is 51.4 Å². The third-order valence-corrected chi connectivity index (χ3v) is 4.52. The van der Waals surface area contributed by atoms with E-state index < -0.39 is 0 Å². The molecule has 2 aliphatic rings. The summed E-state index contributed by atoms with van der Waals surface area (Å²) in [5.74, 6) is 2.74. The molecule has 0 spiro atoms. The van der Waals surface area contributed by atoms with Crippen molar-refractivity contribution in [3.8, 4) is 12.3 Å². The van der Waals surface area contributed by atoms with Crippen molar-refractivity contribution in [2.24, 2.45) is 0 Å². The van der Waals surface area contributed by atoms with Crippen LogP contribution in [-0.2, 0) is 0 Å². The molecule has 2 heterocycles. The molecule has 4 nitrogen and oxygen atoms in total. The second kappa shape index (κ2) is 7.25. The highest BCUT2D eigenvalue weighted by atomic mass is 15.3. The summed E-state index contributed by atoms with van der Waals surface area (Å²) in [6.07, 6.45) is 7.82. The maximum absolute atomic E-state index is 5.36. The average molecular weight is 264 g/mol. The first-order valence-electron chi connectivity index (χ1n) is 7.47. The molecular weight excluding hydrogens is 236 g/mol. The lowest BCUT2D eigenvalue weighted by Crippen LogP contribution is -2.55. The lowest BCUT2D eigenvalue weighted by molar-refractivity contribution is 0.107. The van der Waals surface area contributed by atoms with Gasteiger partial charge < -0.3 is 10.2 Å². The summed E-state index contributed by atoms with van der Waals surface area (Å²) >= 11 is 0. The molecule has 0 aromatic carbocycles. The number of terminal acetylenes is 1. The highest BCUT2D eigenvalue weighted by molar-refractivity contribution is 4.91. The Morgan fingerprint density at radius 1 is 1.16 bits per heavy atom. The average Bonchev–Trinajstić information content (AvgIpc) is 2.42. The molecule has 1 atom stereocenters. The normalized spacial score (nSPS) is 28.4. The van der Waals surface area contributed by atoms with Gasteiger partial charge in [-0.2, -0.15) is 0 Å². The first-order valence-corrected chi connectivity index (χ1v) is 7.47. The van der Waals surface area contributed by atoms with Gasteiger partial charge in [0.1, 0.15) is 0 Å². The third kappa shape index (κ3) is 4.47. The lowest BCUT2D eigenvalue weighted by Gasteiger charge is -2.39. The molecule has 2 fully saturated rings. The minimum atomic E-state index is 0.655. The number of likely N-dealkylation sites (N-methyl/N-ethyl adjacent to an activating group) is 2. The second-order valence-electron chi connectivity index (χ2n) is 6.06. The van der Waals surface area contributed by atoms with Gasteiger partial charge in [-0.3, -0.25) is 9.80 Å². The summed E-state index contributed by atoms with van der Waals surface area (Å²) in [5, 5.41) is 3.76. The number of hydrogen-bond acceptors (Lipinski definition) is 4. The molecule has 1 N–H and O–H groups in total. The SMILES string of the molecule is C#CCN1CCC(NCC2CN(C)CCN2C)CC1. The monoisotopic (exact) mass is 264 g/mol. The van der Waals surface area contributed by atoms with Crippen molar-refractivity contribution in [3.05, 3.63) is 0 Å². The molecule has 0 amide bonds. The van der Waals surface area contributed by atoms with Crippen molar-refractivity contribution in [2.75, 3.05) is 59.9 Å². The summed E-state index contributed by atoms with van der Waals surface area (Å²) in [4.78, 5) is 7.29. The van der Waals surface area contributed by atoms with Crippen LogP contribution in [0, 0.1) is 12.3 Å². The quantitative estimate of drug-likeness (QED) is 0.717. The first kappa shape index (κ1) is 14.8. The van der Waals surface area contributed by atoms with Gasteiger partial charge in [0.05, 0.1) is 6.54 Å². The fourth-order valence-corrected chi connectivity index (χ4v) is 3.05. The first-order chi connectivity index (χ1) is 9.19. The highest BCUT2D eigenvalue weighted by Crippen LogP contribution is 2.11. The van der Waals surface area contributed by atoms with Gasteiger partial charge in [0.25, 0.3) is 0 Å². The van der Waals surface area contributed by atoms with E-state index in [0.717, 1.165) is 26.2 Å². The van der Waals surface area contributed by atoms with Gasteiger partial charge in [0.15, 0.2) is 0 Å². The summed E-state index contributed by atoms with van der Waals surface area (Å²) in [7, 11) is 4.47. The third-order valence-electron chi connectivity index (χ3n) is 4.52. The smallest absolute Gasteiger partial charge is 0.0598 e. The predicted molar refractivity (Wildman–Crippen MR) is 80.2 cm³/mol. The molecule has 0 aliphatic carbocycles. The Balaban J connectivity index is 1.67. The van der Waals surface area contributed by atoms with Crippen LogP contribution in [-0.4, -0.2) is 86.7 Å². The maximum Gasteiger partial charge on any atom is 0.0598 e. The van der Waals surface area contributed by atoms with Crippen molar-refractivity contribution in [2.45, 2.75) is 24.9 Å². The molecule has 2 aliphatic heterocycles. The van der Waals surface area contributed by atoms with Crippen LogP contribution in [0.4, 0.5) is 0 Å². The van der Waals surface area contributed by atoms with Crippen LogP contribution < -0.4 is 5.32 Å². The minimum Gasteiger partial charge on any atom is -0.312 e. The largest absolute Gasteiger partial charge is 0.312 e. The van der Waals surface area contributed by atoms with E-state index in [-0.39, 0.29) is 0 Å². The Kier molecular flexibility index (Phi) is 5.65. The fourth-order valence-electron chi connectivity index (χ4n) is 3.05. The highest BCUT2D eigenvalue weighted by Gasteiger charge is 2.24. The fraction of sp³-hybridized carbons (Fsp3) is 0.867. The molecule has 1 unspecified atom stereocenters. The molecule has 0 aromatic rings. The lowest BCUT2D eigenvalue weighted by atomic mass is 10.0. The van der Waals surface area contributed by atoms with Crippen LogP contribution in [0.5, 0.6) is 0 Å². The van der Waals surface area contributed by atoms with E-state index in [1.165, 1.54) is 32.5 Å². The van der Waals surface area contributed by atoms with Crippen LogP contribution in [0.25, 0.3) is 0 Å². The van der Waals surface area contributed by atoms with Crippen LogP contribution in [0.15, 0.2) is 0 Å². The van der Waals surface area contributed by atoms with Gasteiger partial charge in [-0.1, -0.05) is 5.92 Å². The van der Waals surface area contributed by atoms with E-state index in [0.29, 0.717) is 12.1 Å². The van der Waals surface area contributed by atoms with Crippen LogP contribution in [0.2, 0.25) is 0 Å². The zero-order valence-electron chi connectivity index (χ0n) is 12.4. The molecule has 0 saturated carbocycles. The number of piperidine rings is 1. The summed E-state index contributed by atoms with van der Waals surface area (Å²) in [6, 6.07) is 1.33. The van der Waals surface area contributed by atoms with E-state index >= 15 is 0 Å². The number of nitrogens with zero attached hydrogens (tertiary/aromatic N) is 3. The second-order valence-corrected chi connectivity index (χ2v) is 6.06. The van der Waals surface area contributed by atoms with E-state index in [1.54, 1.807) is 0 Å². The van der Waals surface area contributed by atoms with Crippen molar-refractivity contribution < 1.29 is 0 Å². The molecule has 0 aromatic heterocycles. The van der Waals surface area contributed by atoms with Gasteiger partial charge in [-0.25, -0.2) is 0 Å². The summed E-state index contributed by atoms with van der Waals surface area (Å²) < 4.78 is 0. The van der Waals surface area contributed by atoms with E-state index in [2.05, 4.69) is 40.0 Å². The van der Waals surface area contributed by atoms with Crippen molar-refractivity contribution in [1.29, 1.82) is 0 Å². The van der Waals surface area contributed by atoms with Crippen molar-refractivity contribution in [3.63, 3.8) is 0 Å². The predicted octanol–water partition coefficient (Wildman–Crippen LogP) is -0.0806. The zero-order chi connectivity index (χ0) is 13.7. The van der Waals surface area contributed by atoms with Gasteiger partial charge in [-0.15, -0.1) is 6.42 Å². The molecular formula is C15H28N4. The van der Waals surface area contributed by atoms with Gasteiger partial charge in [-0.05, 0) is 26.9 Å². The van der Waals surface area contributed by atoms with Gasteiger partial charge >= 0.3 is 0 Å². The molecule has 4 heteroatoms. The topological polar surface area (TPSA) is 21.8 Å². The standard InChI is InChI=1S/C15H28N4/c1-4-7-19-8-5-14(6-9-19)16-12-15-13-17(2)10-11-18(15)3/h1,14-16H,5-13H2,2-3H3. The Hall–Kier alpha value is -0.600. The van der Waals surface area contributed by atoms with Crippen LogP contribution in [0.1, 0.15) is 12.8 Å². The summed E-state index contributed by atoms with van der Waals surface area (Å²) in [5.41, 5.74) is 0. The maximum atomic E-state index is 5.36. The van der Waals surface area contributed by atoms with Crippen LogP contribution >= 0.6 is 0 Å². The van der Waals surface area contributed by atoms with Crippen molar-refractivity contribution in [1.82, 2.24) is 20.0 Å². The van der Waals surface area contributed by atoms with E-state index in [9.17, 15) is 0 Å². The minimum absolute atomic E-state index is 0.655. The van der Waals surface area contributed by atoms with Crippen molar-refractivity contribution >= 4 is 0 Å². The molecule has 0 bridgehead atoms. The number of hydrogen-bond donors (Lipinski definition) is 1. The summed E-state index contributed by atoms with van der Waals surface area (Å²) in [6.45, 7) is 7.76. The zero-order valence-corrected chi connectivity index (χ0v) is 12.4. The Bertz CT molecular complexity index is 304. The molecule has 0 radical (unpaired) electrons. The van der Waals surface area contributed by atoms with Crippen LogP contribution in [0.3, 0.4) is 0 Å². The number of likely N-dealkylation sites (tertiary alicyclic amines) is 1. The Morgan fingerprint density at radius 3 is 2.58 bits per heavy atom. The van der Waals surface area contributed by atoms with E-state index in [4.69, 9.17) is 6.42 Å². The number of nitrogens with one attached hydrogen (secondary N) is 1. The van der Waals surface area contributed by atoms with Gasteiger partial charge in [0.2, 0.25) is 0 Å². The Morgan fingerprint density at radius 2 is 1.89 bits per heavy atom. The van der Waals surface area contributed by atoms with E-state index in [1.807, 2.05) is 0 Å². The Labute approximate surface area is 118 Å². The number of piperazine rings is 1. The molecule has 19 heavy (non-hydrogen) atoms. The molecule has 2 saturated heterocycles. The number of rotatable bonds is 4. The molecule has 2 rings (SSSR count). The molecule has 108 valence electrons.